The van der Waals surface area contributed by atoms with Gasteiger partial charge < -0.3 is 15.8 Å². The van der Waals surface area contributed by atoms with Crippen LogP contribution >= 0.6 is 11.3 Å². The van der Waals surface area contributed by atoms with Crippen LogP contribution in [0.15, 0.2) is 0 Å². The maximum Gasteiger partial charge on any atom is 0.282 e. The lowest BCUT2D eigenvalue weighted by atomic mass is 10.0. The Bertz CT molecular complexity index is 403. The molecule has 1 aliphatic carbocycles. The number of ether oxygens (including phenoxy) is 1. The summed E-state index contributed by atoms with van der Waals surface area (Å²) in [5.74, 6) is -0.192. The highest BCUT2D eigenvalue weighted by atomic mass is 32.1. The summed E-state index contributed by atoms with van der Waals surface area (Å²) in [6.45, 7) is 1.41. The van der Waals surface area contributed by atoms with Crippen molar-refractivity contribution in [2.24, 2.45) is 5.41 Å². The van der Waals surface area contributed by atoms with Gasteiger partial charge in [-0.2, -0.15) is 0 Å². The lowest BCUT2D eigenvalue weighted by Gasteiger charge is -2.14. The molecule has 1 aromatic heterocycles. The molecule has 1 fully saturated rings. The highest BCUT2D eigenvalue weighted by Gasteiger charge is 2.42. The van der Waals surface area contributed by atoms with Gasteiger partial charge in [-0.15, -0.1) is 10.2 Å². The number of rotatable bonds is 6. The van der Waals surface area contributed by atoms with E-state index in [0.29, 0.717) is 16.7 Å². The Balaban J connectivity index is 1.80. The van der Waals surface area contributed by atoms with Crippen molar-refractivity contribution >= 4 is 22.4 Å². The van der Waals surface area contributed by atoms with E-state index >= 15 is 0 Å². The molecule has 0 aliphatic heterocycles. The van der Waals surface area contributed by atoms with Crippen molar-refractivity contribution in [3.63, 3.8) is 0 Å². The first-order valence-electron chi connectivity index (χ1n) is 5.51. The maximum absolute atomic E-state index is 11.7. The number of nitrogen functional groups attached to an aromatic ring is 1. The first kappa shape index (κ1) is 12.3. The number of amides is 1. The number of anilines is 1. The molecule has 1 aromatic rings. The number of nitrogens with two attached hydrogens (primary N) is 1. The van der Waals surface area contributed by atoms with Gasteiger partial charge in [0.05, 0.1) is 0 Å². The third-order valence-corrected chi connectivity index (χ3v) is 3.80. The quantitative estimate of drug-likeness (QED) is 0.780. The van der Waals surface area contributed by atoms with E-state index < -0.39 is 0 Å². The van der Waals surface area contributed by atoms with Gasteiger partial charge in [-0.3, -0.25) is 4.79 Å². The minimum Gasteiger partial charge on any atom is -0.385 e. The van der Waals surface area contributed by atoms with E-state index in [4.69, 9.17) is 10.5 Å². The number of nitrogens with one attached hydrogen (secondary N) is 1. The Morgan fingerprint density at radius 1 is 1.59 bits per heavy atom. The van der Waals surface area contributed by atoms with E-state index in [1.54, 1.807) is 7.11 Å². The molecule has 0 unspecified atom stereocenters. The zero-order chi connectivity index (χ0) is 12.3. The Morgan fingerprint density at radius 2 is 2.35 bits per heavy atom. The predicted octanol–water partition coefficient (Wildman–Crippen LogP) is 0.667. The van der Waals surface area contributed by atoms with Gasteiger partial charge in [0.1, 0.15) is 0 Å². The maximum atomic E-state index is 11.7. The van der Waals surface area contributed by atoms with E-state index in [1.807, 2.05) is 0 Å². The SMILES string of the molecule is COCCC1(CNC(=O)c2nnc(N)s2)CC1. The van der Waals surface area contributed by atoms with Crippen LogP contribution in [0.3, 0.4) is 0 Å². The second kappa shape index (κ2) is 4.97. The van der Waals surface area contributed by atoms with E-state index in [-0.39, 0.29) is 11.3 Å². The van der Waals surface area contributed by atoms with Crippen LogP contribution < -0.4 is 11.1 Å². The van der Waals surface area contributed by atoms with Crippen molar-refractivity contribution in [1.29, 1.82) is 0 Å². The topological polar surface area (TPSA) is 90.1 Å². The Labute approximate surface area is 104 Å². The first-order valence-corrected chi connectivity index (χ1v) is 6.33. The average molecular weight is 256 g/mol. The van der Waals surface area contributed by atoms with Crippen molar-refractivity contribution in [3.8, 4) is 0 Å². The first-order chi connectivity index (χ1) is 8.15. The van der Waals surface area contributed by atoms with Crippen molar-refractivity contribution in [2.75, 3.05) is 26.0 Å². The molecular weight excluding hydrogens is 240 g/mol. The average Bonchev–Trinajstić information content (AvgIpc) is 2.97. The van der Waals surface area contributed by atoms with Gasteiger partial charge in [0.15, 0.2) is 0 Å². The van der Waals surface area contributed by atoms with Gasteiger partial charge in [-0.05, 0) is 24.7 Å². The molecule has 2 rings (SSSR count). The third-order valence-electron chi connectivity index (χ3n) is 3.05. The molecule has 0 aromatic carbocycles. The second-order valence-electron chi connectivity index (χ2n) is 4.37. The standard InChI is InChI=1S/C10H16N4O2S/c1-16-5-4-10(2-3-10)6-12-7(15)8-13-14-9(11)17-8/h2-6H2,1H3,(H2,11,14)(H,12,15). The van der Waals surface area contributed by atoms with E-state index in [2.05, 4.69) is 15.5 Å². The summed E-state index contributed by atoms with van der Waals surface area (Å²) in [5, 5.41) is 10.8. The molecule has 17 heavy (non-hydrogen) atoms. The van der Waals surface area contributed by atoms with Crippen molar-refractivity contribution in [3.05, 3.63) is 5.01 Å². The molecule has 7 heteroatoms. The Morgan fingerprint density at radius 3 is 2.88 bits per heavy atom. The number of hydrogen-bond acceptors (Lipinski definition) is 6. The number of aromatic nitrogens is 2. The molecule has 1 heterocycles. The van der Waals surface area contributed by atoms with Crippen LogP contribution in [0.2, 0.25) is 0 Å². The molecule has 94 valence electrons. The van der Waals surface area contributed by atoms with Crippen molar-refractivity contribution in [2.45, 2.75) is 19.3 Å². The molecule has 0 spiro atoms. The van der Waals surface area contributed by atoms with Crippen LogP contribution in [0.4, 0.5) is 5.13 Å². The highest BCUT2D eigenvalue weighted by Crippen LogP contribution is 2.48. The molecule has 1 amide bonds. The third kappa shape index (κ3) is 3.13. The van der Waals surface area contributed by atoms with E-state index in [0.717, 1.165) is 37.2 Å². The molecule has 0 radical (unpaired) electrons. The Kier molecular flexibility index (Phi) is 3.58. The zero-order valence-corrected chi connectivity index (χ0v) is 10.5. The summed E-state index contributed by atoms with van der Waals surface area (Å²) < 4.78 is 5.06. The predicted molar refractivity (Wildman–Crippen MR) is 64.8 cm³/mol. The van der Waals surface area contributed by atoms with Gasteiger partial charge >= 0.3 is 0 Å². The number of methoxy groups -OCH3 is 1. The minimum absolute atomic E-state index is 0.192. The molecule has 6 nitrogen and oxygen atoms in total. The number of carbonyl (C=O) groups excluding carboxylic acids is 1. The van der Waals surface area contributed by atoms with Crippen LogP contribution in [0.5, 0.6) is 0 Å². The molecule has 3 N–H and O–H groups in total. The molecular formula is C10H16N4O2S. The van der Waals surface area contributed by atoms with Crippen LogP contribution in [-0.4, -0.2) is 36.4 Å². The summed E-state index contributed by atoms with van der Waals surface area (Å²) in [6, 6.07) is 0. The van der Waals surface area contributed by atoms with Gasteiger partial charge in [0.2, 0.25) is 10.1 Å². The van der Waals surface area contributed by atoms with Gasteiger partial charge in [-0.25, -0.2) is 0 Å². The summed E-state index contributed by atoms with van der Waals surface area (Å²) in [6.07, 6.45) is 3.28. The molecule has 0 bridgehead atoms. The zero-order valence-electron chi connectivity index (χ0n) is 9.73. The van der Waals surface area contributed by atoms with Gasteiger partial charge in [-0.1, -0.05) is 11.3 Å². The largest absolute Gasteiger partial charge is 0.385 e. The van der Waals surface area contributed by atoms with Gasteiger partial charge in [0, 0.05) is 20.3 Å². The molecule has 0 atom stereocenters. The van der Waals surface area contributed by atoms with E-state index in [9.17, 15) is 4.79 Å². The lowest BCUT2D eigenvalue weighted by molar-refractivity contribution is 0.0937. The van der Waals surface area contributed by atoms with Crippen LogP contribution in [-0.2, 0) is 4.74 Å². The fraction of sp³-hybridized carbons (Fsp3) is 0.700. The molecule has 1 aliphatic rings. The highest BCUT2D eigenvalue weighted by molar-refractivity contribution is 7.16. The van der Waals surface area contributed by atoms with Crippen LogP contribution in [0, 0.1) is 5.41 Å². The second-order valence-corrected chi connectivity index (χ2v) is 5.38. The monoisotopic (exact) mass is 256 g/mol. The normalized spacial score (nSPS) is 16.8. The van der Waals surface area contributed by atoms with Crippen LogP contribution in [0.1, 0.15) is 29.1 Å². The van der Waals surface area contributed by atoms with Crippen molar-refractivity contribution in [1.82, 2.24) is 15.5 Å². The fourth-order valence-corrected chi connectivity index (χ4v) is 2.21. The summed E-state index contributed by atoms with van der Waals surface area (Å²) in [7, 11) is 1.69. The summed E-state index contributed by atoms with van der Waals surface area (Å²) >= 11 is 1.10. The number of hydrogen-bond donors (Lipinski definition) is 2. The smallest absolute Gasteiger partial charge is 0.282 e. The van der Waals surface area contributed by atoms with E-state index in [1.165, 1.54) is 0 Å². The number of carbonyl (C=O) groups is 1. The molecule has 0 saturated heterocycles. The van der Waals surface area contributed by atoms with Crippen LogP contribution in [0.25, 0.3) is 0 Å². The lowest BCUT2D eigenvalue weighted by Crippen LogP contribution is -2.30. The summed E-state index contributed by atoms with van der Waals surface area (Å²) in [4.78, 5) is 11.7. The number of nitrogens with zero attached hydrogens (tertiary/aromatic N) is 2. The van der Waals surface area contributed by atoms with Gasteiger partial charge in [0.25, 0.3) is 5.91 Å². The minimum atomic E-state index is -0.192. The fourth-order valence-electron chi connectivity index (χ4n) is 1.68. The Hall–Kier alpha value is -1.21. The summed E-state index contributed by atoms with van der Waals surface area (Å²) in [5.41, 5.74) is 5.66. The molecule has 1 saturated carbocycles. The van der Waals surface area contributed by atoms with Crippen molar-refractivity contribution < 1.29 is 9.53 Å².